The molecule has 0 spiro atoms. The van der Waals surface area contributed by atoms with Crippen LogP contribution in [0, 0.1) is 0 Å². The average Bonchev–Trinajstić information content (AvgIpc) is 2.18. The van der Waals surface area contributed by atoms with E-state index in [0.29, 0.717) is 12.8 Å². The Morgan fingerprint density at radius 2 is 1.87 bits per heavy atom. The van der Waals surface area contributed by atoms with E-state index in [4.69, 9.17) is 0 Å². The van der Waals surface area contributed by atoms with Gasteiger partial charge in [-0.3, -0.25) is 4.79 Å². The van der Waals surface area contributed by atoms with Crippen LogP contribution in [0.3, 0.4) is 0 Å². The van der Waals surface area contributed by atoms with Gasteiger partial charge in [-0.15, -0.1) is 0 Å². The maximum atomic E-state index is 11.8. The largest absolute Gasteiger partial charge is 0.348 e. The van der Waals surface area contributed by atoms with E-state index in [-0.39, 0.29) is 16.9 Å². The molecule has 1 fully saturated rings. The molecular weight excluding hydrogens is 216 g/mol. The van der Waals surface area contributed by atoms with Crippen LogP contribution in [0.2, 0.25) is 0 Å². The molecule has 0 atom stereocenters. The van der Waals surface area contributed by atoms with Crippen LogP contribution in [-0.2, 0) is 14.6 Å². The van der Waals surface area contributed by atoms with Crippen molar-refractivity contribution in [3.05, 3.63) is 0 Å². The van der Waals surface area contributed by atoms with Crippen molar-refractivity contribution in [2.45, 2.75) is 18.1 Å². The molecule has 1 heterocycles. The van der Waals surface area contributed by atoms with Gasteiger partial charge in [0.25, 0.3) is 0 Å². The molecule has 6 heteroatoms. The van der Waals surface area contributed by atoms with Gasteiger partial charge in [0.2, 0.25) is 5.91 Å². The van der Waals surface area contributed by atoms with E-state index in [1.165, 1.54) is 4.90 Å². The minimum Gasteiger partial charge on any atom is -0.348 e. The molecule has 1 aliphatic heterocycles. The summed E-state index contributed by atoms with van der Waals surface area (Å²) in [5, 5.41) is 2.76. The van der Waals surface area contributed by atoms with Crippen LogP contribution in [0.15, 0.2) is 0 Å². The molecule has 1 amide bonds. The van der Waals surface area contributed by atoms with Gasteiger partial charge in [-0.2, -0.15) is 0 Å². The predicted octanol–water partition coefficient (Wildman–Crippen LogP) is -0.759. The number of carbonyl (C=O) groups is 1. The number of piperidine rings is 1. The first-order valence-corrected chi connectivity index (χ1v) is 6.77. The van der Waals surface area contributed by atoms with Gasteiger partial charge < -0.3 is 10.2 Å². The van der Waals surface area contributed by atoms with Gasteiger partial charge in [0, 0.05) is 14.1 Å². The summed E-state index contributed by atoms with van der Waals surface area (Å²) in [4.78, 5) is 12.7. The number of hydrogen-bond donors (Lipinski definition) is 1. The van der Waals surface area contributed by atoms with Crippen LogP contribution in [0.5, 0.6) is 0 Å². The third-order valence-electron chi connectivity index (χ3n) is 2.62. The Morgan fingerprint density at radius 3 is 2.33 bits per heavy atom. The molecular formula is C9H18N2O3S. The van der Waals surface area contributed by atoms with Crippen molar-refractivity contribution in [2.24, 2.45) is 0 Å². The Kier molecular flexibility index (Phi) is 4.10. The zero-order valence-electron chi connectivity index (χ0n) is 9.19. The number of amides is 1. The summed E-state index contributed by atoms with van der Waals surface area (Å²) < 4.78 is 23.7. The fourth-order valence-electron chi connectivity index (χ4n) is 1.57. The van der Waals surface area contributed by atoms with E-state index < -0.39 is 9.84 Å². The summed E-state index contributed by atoms with van der Waals surface area (Å²) in [6.45, 7) is 1.44. The van der Waals surface area contributed by atoms with E-state index >= 15 is 0 Å². The second-order valence-electron chi connectivity index (χ2n) is 4.04. The summed E-state index contributed by atoms with van der Waals surface area (Å²) in [5.74, 6) is -0.696. The standard InChI is InChI=1S/C9H18N2O3S/c1-11(2)9(12)7-15(13,14)8-3-5-10-6-4-8/h8,10H,3-7H2,1-2H3. The van der Waals surface area contributed by atoms with Gasteiger partial charge in [0.05, 0.1) is 5.25 Å². The van der Waals surface area contributed by atoms with Gasteiger partial charge >= 0.3 is 0 Å². The highest BCUT2D eigenvalue weighted by Gasteiger charge is 2.29. The highest BCUT2D eigenvalue weighted by Crippen LogP contribution is 2.14. The van der Waals surface area contributed by atoms with Crippen molar-refractivity contribution in [1.82, 2.24) is 10.2 Å². The fourth-order valence-corrected chi connectivity index (χ4v) is 3.37. The molecule has 1 saturated heterocycles. The lowest BCUT2D eigenvalue weighted by Gasteiger charge is -2.23. The first-order chi connectivity index (χ1) is 6.93. The Labute approximate surface area is 90.7 Å². The Hall–Kier alpha value is -0.620. The lowest BCUT2D eigenvalue weighted by atomic mass is 10.2. The van der Waals surface area contributed by atoms with Crippen molar-refractivity contribution in [3.63, 3.8) is 0 Å². The van der Waals surface area contributed by atoms with Crippen LogP contribution < -0.4 is 5.32 Å². The number of nitrogens with zero attached hydrogens (tertiary/aromatic N) is 1. The lowest BCUT2D eigenvalue weighted by molar-refractivity contribution is -0.125. The van der Waals surface area contributed by atoms with Gasteiger partial charge in [-0.05, 0) is 25.9 Å². The van der Waals surface area contributed by atoms with Gasteiger partial charge in [-0.25, -0.2) is 8.42 Å². The third kappa shape index (κ3) is 3.46. The second kappa shape index (κ2) is 4.94. The average molecular weight is 234 g/mol. The SMILES string of the molecule is CN(C)C(=O)CS(=O)(=O)C1CCNCC1. The van der Waals surface area contributed by atoms with E-state index in [1.807, 2.05) is 0 Å². The molecule has 0 bridgehead atoms. The van der Waals surface area contributed by atoms with E-state index in [0.717, 1.165) is 13.1 Å². The predicted molar refractivity (Wildman–Crippen MR) is 58.4 cm³/mol. The first kappa shape index (κ1) is 12.4. The van der Waals surface area contributed by atoms with Crippen molar-refractivity contribution in [2.75, 3.05) is 32.9 Å². The molecule has 1 rings (SSSR count). The molecule has 0 saturated carbocycles. The van der Waals surface area contributed by atoms with Crippen LogP contribution in [0.25, 0.3) is 0 Å². The lowest BCUT2D eigenvalue weighted by Crippen LogP contribution is -2.40. The highest BCUT2D eigenvalue weighted by molar-refractivity contribution is 7.92. The Bertz CT molecular complexity index is 318. The van der Waals surface area contributed by atoms with Gasteiger partial charge in [0.15, 0.2) is 9.84 Å². The Balaban J connectivity index is 2.61. The molecule has 1 aliphatic rings. The monoisotopic (exact) mass is 234 g/mol. The van der Waals surface area contributed by atoms with Crippen LogP contribution in [0.1, 0.15) is 12.8 Å². The molecule has 0 radical (unpaired) electrons. The first-order valence-electron chi connectivity index (χ1n) is 5.06. The normalized spacial score (nSPS) is 18.8. The second-order valence-corrected chi connectivity index (χ2v) is 6.33. The zero-order chi connectivity index (χ0) is 11.5. The van der Waals surface area contributed by atoms with Crippen LogP contribution in [-0.4, -0.2) is 57.4 Å². The third-order valence-corrected chi connectivity index (χ3v) is 4.75. The summed E-state index contributed by atoms with van der Waals surface area (Å²) in [6.07, 6.45) is 1.23. The van der Waals surface area contributed by atoms with Crippen molar-refractivity contribution >= 4 is 15.7 Å². The summed E-state index contributed by atoms with van der Waals surface area (Å²) >= 11 is 0. The maximum Gasteiger partial charge on any atom is 0.237 e. The molecule has 0 unspecified atom stereocenters. The van der Waals surface area contributed by atoms with E-state index in [2.05, 4.69) is 5.32 Å². The van der Waals surface area contributed by atoms with E-state index in [9.17, 15) is 13.2 Å². The van der Waals surface area contributed by atoms with Gasteiger partial charge in [-0.1, -0.05) is 0 Å². The number of carbonyl (C=O) groups excluding carboxylic acids is 1. The number of sulfone groups is 1. The number of nitrogens with one attached hydrogen (secondary N) is 1. The molecule has 15 heavy (non-hydrogen) atoms. The number of rotatable bonds is 3. The quantitative estimate of drug-likeness (QED) is 0.697. The smallest absolute Gasteiger partial charge is 0.237 e. The molecule has 0 aromatic carbocycles. The number of hydrogen-bond acceptors (Lipinski definition) is 4. The zero-order valence-corrected chi connectivity index (χ0v) is 10.0. The van der Waals surface area contributed by atoms with Crippen LogP contribution >= 0.6 is 0 Å². The van der Waals surface area contributed by atoms with Crippen molar-refractivity contribution in [3.8, 4) is 0 Å². The minimum absolute atomic E-state index is 0.339. The highest BCUT2D eigenvalue weighted by atomic mass is 32.2. The molecule has 0 aromatic rings. The van der Waals surface area contributed by atoms with Crippen LogP contribution in [0.4, 0.5) is 0 Å². The molecule has 0 aliphatic carbocycles. The van der Waals surface area contributed by atoms with Crippen molar-refractivity contribution < 1.29 is 13.2 Å². The summed E-state index contributed by atoms with van der Waals surface area (Å²) in [6, 6.07) is 0. The Morgan fingerprint density at radius 1 is 1.33 bits per heavy atom. The topological polar surface area (TPSA) is 66.5 Å². The van der Waals surface area contributed by atoms with E-state index in [1.54, 1.807) is 14.1 Å². The minimum atomic E-state index is -3.26. The summed E-state index contributed by atoms with van der Waals surface area (Å²) in [5.41, 5.74) is 0. The summed E-state index contributed by atoms with van der Waals surface area (Å²) in [7, 11) is -0.119. The fraction of sp³-hybridized carbons (Fsp3) is 0.889. The maximum absolute atomic E-state index is 11.8. The molecule has 88 valence electrons. The molecule has 5 nitrogen and oxygen atoms in total. The van der Waals surface area contributed by atoms with Crippen molar-refractivity contribution in [1.29, 1.82) is 0 Å². The molecule has 1 N–H and O–H groups in total. The molecule has 0 aromatic heterocycles. The van der Waals surface area contributed by atoms with Gasteiger partial charge in [0.1, 0.15) is 5.75 Å².